The van der Waals surface area contributed by atoms with Gasteiger partial charge in [0, 0.05) is 4.47 Å². The number of carbonyl (C=O) groups excluding carboxylic acids is 1. The molecule has 0 fully saturated rings. The van der Waals surface area contributed by atoms with Gasteiger partial charge in [0.25, 0.3) is 5.91 Å². The van der Waals surface area contributed by atoms with Gasteiger partial charge in [-0.1, -0.05) is 40.2 Å². The zero-order valence-corrected chi connectivity index (χ0v) is 11.0. The molecule has 1 heterocycles. The number of hydrogen-bond donors (Lipinski definition) is 0. The molecule has 0 aliphatic carbocycles. The number of carbonyl (C=O) groups is 1. The smallest absolute Gasteiger partial charge is 0.270 e. The number of amides is 1. The number of para-hydroxylation sites is 2. The highest BCUT2D eigenvalue weighted by Crippen LogP contribution is 2.22. The Morgan fingerprint density at radius 2 is 1.78 bits per heavy atom. The Kier molecular flexibility index (Phi) is 2.80. The third-order valence-corrected chi connectivity index (χ3v) is 3.27. The third kappa shape index (κ3) is 1.99. The molecule has 1 aliphatic heterocycles. The zero-order valence-electron chi connectivity index (χ0n) is 9.38. The third-order valence-electron chi connectivity index (χ3n) is 2.78. The van der Waals surface area contributed by atoms with Crippen molar-refractivity contribution < 1.29 is 4.79 Å². The van der Waals surface area contributed by atoms with Crippen molar-refractivity contribution in [3.63, 3.8) is 0 Å². The molecule has 0 saturated heterocycles. The summed E-state index contributed by atoms with van der Waals surface area (Å²) in [6, 6.07) is 14.5. The van der Waals surface area contributed by atoms with Gasteiger partial charge in [0.1, 0.15) is 0 Å². The van der Waals surface area contributed by atoms with Gasteiger partial charge >= 0.3 is 0 Å². The standard InChI is InChI=1S/C14H9BrN2O/c15-10-5-3-4-9(8-10)13-14(18)17-12-7-2-1-6-11(12)16-13/h1-8,13H. The molecule has 2 aromatic carbocycles. The van der Waals surface area contributed by atoms with E-state index in [0.717, 1.165) is 15.4 Å². The van der Waals surface area contributed by atoms with Crippen LogP contribution >= 0.6 is 15.9 Å². The highest BCUT2D eigenvalue weighted by Gasteiger charge is 2.21. The van der Waals surface area contributed by atoms with Crippen molar-refractivity contribution in [3.8, 4) is 0 Å². The van der Waals surface area contributed by atoms with Crippen molar-refractivity contribution in [2.45, 2.75) is 6.04 Å². The van der Waals surface area contributed by atoms with Gasteiger partial charge in [0.2, 0.25) is 0 Å². The average molecular weight is 301 g/mol. The summed E-state index contributed by atoms with van der Waals surface area (Å²) in [5, 5.41) is 1.41. The first-order valence-electron chi connectivity index (χ1n) is 5.55. The largest absolute Gasteiger partial charge is 0.275 e. The molecule has 1 atom stereocenters. The van der Waals surface area contributed by atoms with E-state index in [-0.39, 0.29) is 5.91 Å². The van der Waals surface area contributed by atoms with Crippen molar-refractivity contribution in [2.24, 2.45) is 9.98 Å². The van der Waals surface area contributed by atoms with Gasteiger partial charge in [-0.2, -0.15) is 0 Å². The summed E-state index contributed by atoms with van der Waals surface area (Å²) >= 11 is 3.40. The number of hydrogen-bond acceptors (Lipinski definition) is 2. The lowest BCUT2D eigenvalue weighted by Crippen LogP contribution is -2.33. The molecule has 0 saturated carbocycles. The molecular formula is C14H9BrN2O. The summed E-state index contributed by atoms with van der Waals surface area (Å²) in [6.45, 7) is 0. The first kappa shape index (κ1) is 11.3. The molecule has 0 spiro atoms. The van der Waals surface area contributed by atoms with Crippen molar-refractivity contribution in [3.05, 3.63) is 69.3 Å². The second-order valence-corrected chi connectivity index (χ2v) is 4.94. The van der Waals surface area contributed by atoms with Crippen LogP contribution in [0.25, 0.3) is 0 Å². The summed E-state index contributed by atoms with van der Waals surface area (Å²) in [5.41, 5.74) is 0.854. The van der Waals surface area contributed by atoms with Crippen LogP contribution in [-0.2, 0) is 4.79 Å². The molecule has 0 radical (unpaired) electrons. The second kappa shape index (κ2) is 4.46. The molecule has 0 aromatic heterocycles. The lowest BCUT2D eigenvalue weighted by Gasteiger charge is -2.12. The average Bonchev–Trinajstić information content (AvgIpc) is 2.38. The number of fused-ring (bicyclic) bond motifs is 1. The Labute approximate surface area is 112 Å². The predicted molar refractivity (Wildman–Crippen MR) is 70.6 cm³/mol. The first-order valence-corrected chi connectivity index (χ1v) is 6.34. The minimum atomic E-state index is -0.530. The number of nitrogens with zero attached hydrogens (tertiary/aromatic N) is 2. The van der Waals surface area contributed by atoms with E-state index in [1.165, 1.54) is 0 Å². The summed E-state index contributed by atoms with van der Waals surface area (Å²) in [7, 11) is 0. The Balaban J connectivity index is 2.16. The van der Waals surface area contributed by atoms with Crippen LogP contribution in [-0.4, -0.2) is 5.91 Å². The molecule has 3 nitrogen and oxygen atoms in total. The van der Waals surface area contributed by atoms with Crippen LogP contribution in [0.1, 0.15) is 11.6 Å². The van der Waals surface area contributed by atoms with E-state index < -0.39 is 6.04 Å². The lowest BCUT2D eigenvalue weighted by atomic mass is 10.1. The van der Waals surface area contributed by atoms with Crippen molar-refractivity contribution in [1.82, 2.24) is 0 Å². The Bertz CT molecular complexity index is 739. The molecule has 0 bridgehead atoms. The fourth-order valence-corrected chi connectivity index (χ4v) is 2.35. The van der Waals surface area contributed by atoms with Crippen LogP contribution in [0.3, 0.4) is 0 Å². The van der Waals surface area contributed by atoms with Gasteiger partial charge in [-0.05, 0) is 29.8 Å². The molecular weight excluding hydrogens is 292 g/mol. The minimum Gasteiger partial charge on any atom is -0.270 e. The summed E-state index contributed by atoms with van der Waals surface area (Å²) in [5.74, 6) is -0.216. The molecule has 2 aromatic rings. The highest BCUT2D eigenvalue weighted by molar-refractivity contribution is 9.10. The summed E-state index contributed by atoms with van der Waals surface area (Å²) < 4.78 is 0.932. The van der Waals surface area contributed by atoms with E-state index >= 15 is 0 Å². The fraction of sp³-hybridized carbons (Fsp3) is 0.0714. The monoisotopic (exact) mass is 300 g/mol. The molecule has 0 N–H and O–H groups in total. The van der Waals surface area contributed by atoms with Gasteiger partial charge in [-0.15, -0.1) is 0 Å². The topological polar surface area (TPSA) is 41.8 Å². The number of halogens is 1. The zero-order chi connectivity index (χ0) is 12.5. The van der Waals surface area contributed by atoms with Gasteiger partial charge in [-0.3, -0.25) is 9.79 Å². The van der Waals surface area contributed by atoms with E-state index in [4.69, 9.17) is 0 Å². The molecule has 4 heteroatoms. The maximum Gasteiger partial charge on any atom is 0.275 e. The Morgan fingerprint density at radius 3 is 2.56 bits per heavy atom. The van der Waals surface area contributed by atoms with Crippen molar-refractivity contribution >= 4 is 21.8 Å². The SMILES string of the molecule is O=C1N=c2ccccc2=NC1c1cccc(Br)c1. The fourth-order valence-electron chi connectivity index (χ4n) is 1.94. The quantitative estimate of drug-likeness (QED) is 0.794. The van der Waals surface area contributed by atoms with E-state index in [0.29, 0.717) is 5.36 Å². The van der Waals surface area contributed by atoms with E-state index in [2.05, 4.69) is 25.9 Å². The van der Waals surface area contributed by atoms with Gasteiger partial charge in [0.05, 0.1) is 10.7 Å². The minimum absolute atomic E-state index is 0.216. The van der Waals surface area contributed by atoms with Gasteiger partial charge < -0.3 is 0 Å². The van der Waals surface area contributed by atoms with E-state index in [1.807, 2.05) is 42.5 Å². The second-order valence-electron chi connectivity index (χ2n) is 4.03. The molecule has 3 rings (SSSR count). The van der Waals surface area contributed by atoms with Gasteiger partial charge in [-0.25, -0.2) is 4.99 Å². The summed E-state index contributed by atoms with van der Waals surface area (Å²) in [4.78, 5) is 20.6. The van der Waals surface area contributed by atoms with E-state index in [9.17, 15) is 4.79 Å². The first-order chi connectivity index (χ1) is 8.74. The maximum absolute atomic E-state index is 12.0. The molecule has 1 unspecified atom stereocenters. The van der Waals surface area contributed by atoms with Crippen LogP contribution in [0.5, 0.6) is 0 Å². The van der Waals surface area contributed by atoms with Gasteiger partial charge in [0.15, 0.2) is 6.04 Å². The number of benzene rings is 2. The van der Waals surface area contributed by atoms with Crippen molar-refractivity contribution in [2.75, 3.05) is 0 Å². The van der Waals surface area contributed by atoms with E-state index in [1.54, 1.807) is 6.07 Å². The normalized spacial score (nSPS) is 17.6. The van der Waals surface area contributed by atoms with Crippen LogP contribution in [0.4, 0.5) is 0 Å². The molecule has 18 heavy (non-hydrogen) atoms. The molecule has 1 amide bonds. The predicted octanol–water partition coefficient (Wildman–Crippen LogP) is 1.97. The Hall–Kier alpha value is -1.81. The number of rotatable bonds is 1. The van der Waals surface area contributed by atoms with Crippen LogP contribution in [0, 0.1) is 0 Å². The summed E-state index contributed by atoms with van der Waals surface area (Å²) in [6.07, 6.45) is 0. The molecule has 88 valence electrons. The lowest BCUT2D eigenvalue weighted by molar-refractivity contribution is -0.119. The van der Waals surface area contributed by atoms with Crippen LogP contribution in [0.2, 0.25) is 0 Å². The molecule has 1 aliphatic rings. The van der Waals surface area contributed by atoms with Crippen molar-refractivity contribution in [1.29, 1.82) is 0 Å². The maximum atomic E-state index is 12.0. The van der Waals surface area contributed by atoms with Crippen LogP contribution in [0.15, 0.2) is 63.0 Å². The highest BCUT2D eigenvalue weighted by atomic mass is 79.9. The Morgan fingerprint density at radius 1 is 1.00 bits per heavy atom. The van der Waals surface area contributed by atoms with Crippen LogP contribution < -0.4 is 10.7 Å².